The topological polar surface area (TPSA) is 53.6 Å². The molecule has 3 atom stereocenters. The molecule has 2 heterocycles. The summed E-state index contributed by atoms with van der Waals surface area (Å²) >= 11 is 0. The van der Waals surface area contributed by atoms with Crippen LogP contribution in [0.2, 0.25) is 0 Å². The van der Waals surface area contributed by atoms with Gasteiger partial charge >= 0.3 is 0 Å². The molecule has 2 saturated heterocycles. The molecule has 1 aromatic carbocycles. The smallest absolute Gasteiger partial charge is 0.223 e. The van der Waals surface area contributed by atoms with Crippen molar-refractivity contribution in [1.29, 1.82) is 0 Å². The van der Waals surface area contributed by atoms with E-state index in [-0.39, 0.29) is 24.2 Å². The molecule has 2 aliphatic heterocycles. The fraction of sp³-hybridized carbons (Fsp3) is 0.632. The highest BCUT2D eigenvalue weighted by Crippen LogP contribution is 2.31. The fourth-order valence-electron chi connectivity index (χ4n) is 3.87. The number of hydrogen-bond acceptors (Lipinski definition) is 4. The second-order valence-corrected chi connectivity index (χ2v) is 7.09. The normalized spacial score (nSPS) is 26.0. The van der Waals surface area contributed by atoms with Gasteiger partial charge in [-0.15, -0.1) is 12.4 Å². The lowest BCUT2D eigenvalue weighted by Gasteiger charge is -2.27. The molecule has 2 fully saturated rings. The summed E-state index contributed by atoms with van der Waals surface area (Å²) in [4.78, 5) is 14.7. The van der Waals surface area contributed by atoms with Crippen LogP contribution in [0.5, 0.6) is 5.75 Å². The van der Waals surface area contributed by atoms with Crippen LogP contribution in [0, 0.1) is 11.8 Å². The van der Waals surface area contributed by atoms with Crippen LogP contribution in [0.25, 0.3) is 0 Å². The van der Waals surface area contributed by atoms with Gasteiger partial charge in [-0.3, -0.25) is 4.79 Å². The average molecular weight is 368 g/mol. The van der Waals surface area contributed by atoms with E-state index in [1.54, 1.807) is 7.11 Å². The standard InChI is InChI=1S/C19H29N3O2.ClH/c1-14-11-16(7-9-20-14)19(23)21-12-15-8-10-22(13-15)17-5-3-4-6-18(17)24-2;/h3-6,14-16,20H,7-13H2,1-2H3,(H,21,23);1H/t14-,15?,16-;/m0./s1. The van der Waals surface area contributed by atoms with Gasteiger partial charge in [-0.05, 0) is 50.8 Å². The molecule has 3 rings (SSSR count). The zero-order valence-electron chi connectivity index (χ0n) is 15.2. The van der Waals surface area contributed by atoms with Crippen LogP contribution in [0.3, 0.4) is 0 Å². The lowest BCUT2D eigenvalue weighted by Crippen LogP contribution is -2.43. The van der Waals surface area contributed by atoms with Crippen LogP contribution in [0.15, 0.2) is 24.3 Å². The summed E-state index contributed by atoms with van der Waals surface area (Å²) < 4.78 is 5.46. The number of amides is 1. The van der Waals surface area contributed by atoms with Gasteiger partial charge in [0, 0.05) is 31.6 Å². The van der Waals surface area contributed by atoms with Gasteiger partial charge in [0.15, 0.2) is 0 Å². The number of anilines is 1. The van der Waals surface area contributed by atoms with Crippen molar-refractivity contribution in [1.82, 2.24) is 10.6 Å². The number of benzene rings is 1. The van der Waals surface area contributed by atoms with Crippen molar-refractivity contribution in [2.45, 2.75) is 32.2 Å². The maximum absolute atomic E-state index is 12.4. The van der Waals surface area contributed by atoms with E-state index < -0.39 is 0 Å². The van der Waals surface area contributed by atoms with E-state index in [1.165, 1.54) is 0 Å². The van der Waals surface area contributed by atoms with Crippen molar-refractivity contribution in [3.63, 3.8) is 0 Å². The molecule has 0 radical (unpaired) electrons. The Morgan fingerprint density at radius 2 is 2.16 bits per heavy atom. The summed E-state index contributed by atoms with van der Waals surface area (Å²) in [5.74, 6) is 1.84. The molecular formula is C19H30ClN3O2. The van der Waals surface area contributed by atoms with Crippen LogP contribution in [0.4, 0.5) is 5.69 Å². The lowest BCUT2D eigenvalue weighted by atomic mass is 9.92. The van der Waals surface area contributed by atoms with Gasteiger partial charge in [-0.1, -0.05) is 12.1 Å². The number of ether oxygens (including phenoxy) is 1. The lowest BCUT2D eigenvalue weighted by molar-refractivity contribution is -0.126. The van der Waals surface area contributed by atoms with Gasteiger partial charge in [0.2, 0.25) is 5.91 Å². The minimum absolute atomic E-state index is 0. The SMILES string of the molecule is COc1ccccc1N1CCC(CNC(=O)[C@H]2CCN[C@@H](C)C2)C1.Cl. The Morgan fingerprint density at radius 3 is 2.92 bits per heavy atom. The van der Waals surface area contributed by atoms with Gasteiger partial charge in [0.1, 0.15) is 5.75 Å². The third-order valence-corrected chi connectivity index (χ3v) is 5.27. The Morgan fingerprint density at radius 1 is 1.36 bits per heavy atom. The summed E-state index contributed by atoms with van der Waals surface area (Å²) in [6.45, 7) is 5.88. The first-order valence-electron chi connectivity index (χ1n) is 9.06. The Bertz CT molecular complexity index is 569. The van der Waals surface area contributed by atoms with E-state index in [0.29, 0.717) is 12.0 Å². The Labute approximate surface area is 156 Å². The van der Waals surface area contributed by atoms with Gasteiger partial charge in [0.05, 0.1) is 12.8 Å². The van der Waals surface area contributed by atoms with Crippen LogP contribution in [-0.2, 0) is 4.79 Å². The number of para-hydroxylation sites is 2. The summed E-state index contributed by atoms with van der Waals surface area (Å²) in [7, 11) is 1.71. The molecule has 5 nitrogen and oxygen atoms in total. The molecule has 0 aromatic heterocycles. The van der Waals surface area contributed by atoms with E-state index in [9.17, 15) is 4.79 Å². The van der Waals surface area contributed by atoms with Crippen molar-refractivity contribution in [2.75, 3.05) is 38.2 Å². The van der Waals surface area contributed by atoms with Crippen LogP contribution in [-0.4, -0.2) is 45.2 Å². The molecule has 0 aliphatic carbocycles. The average Bonchev–Trinajstić information content (AvgIpc) is 3.08. The number of carbonyl (C=O) groups excluding carboxylic acids is 1. The number of rotatable bonds is 5. The van der Waals surface area contributed by atoms with E-state index in [2.05, 4.69) is 28.5 Å². The molecule has 25 heavy (non-hydrogen) atoms. The molecule has 0 saturated carbocycles. The number of methoxy groups -OCH3 is 1. The summed E-state index contributed by atoms with van der Waals surface area (Å²) in [5.41, 5.74) is 1.15. The highest BCUT2D eigenvalue weighted by Gasteiger charge is 2.28. The highest BCUT2D eigenvalue weighted by atomic mass is 35.5. The third-order valence-electron chi connectivity index (χ3n) is 5.27. The van der Waals surface area contributed by atoms with Crippen LogP contribution in [0.1, 0.15) is 26.2 Å². The predicted molar refractivity (Wildman–Crippen MR) is 104 cm³/mol. The van der Waals surface area contributed by atoms with Crippen molar-refractivity contribution >= 4 is 24.0 Å². The predicted octanol–water partition coefficient (Wildman–Crippen LogP) is 2.45. The largest absolute Gasteiger partial charge is 0.495 e. The zero-order valence-corrected chi connectivity index (χ0v) is 16.0. The monoisotopic (exact) mass is 367 g/mol. The molecule has 6 heteroatoms. The molecule has 1 aromatic rings. The Balaban J connectivity index is 0.00000225. The number of carbonyl (C=O) groups is 1. The van der Waals surface area contributed by atoms with E-state index in [1.807, 2.05) is 18.2 Å². The highest BCUT2D eigenvalue weighted by molar-refractivity contribution is 5.85. The van der Waals surface area contributed by atoms with Gasteiger partial charge < -0.3 is 20.3 Å². The first-order chi connectivity index (χ1) is 11.7. The molecule has 0 bridgehead atoms. The zero-order chi connectivity index (χ0) is 16.9. The van der Waals surface area contributed by atoms with Crippen molar-refractivity contribution < 1.29 is 9.53 Å². The van der Waals surface area contributed by atoms with E-state index >= 15 is 0 Å². The van der Waals surface area contributed by atoms with Crippen LogP contribution >= 0.6 is 12.4 Å². The summed E-state index contributed by atoms with van der Waals surface area (Å²) in [6, 6.07) is 8.60. The number of nitrogens with one attached hydrogen (secondary N) is 2. The quantitative estimate of drug-likeness (QED) is 0.839. The molecule has 0 spiro atoms. The Kier molecular flexibility index (Phi) is 7.38. The molecular weight excluding hydrogens is 338 g/mol. The molecule has 140 valence electrons. The van der Waals surface area contributed by atoms with Crippen molar-refractivity contribution in [3.8, 4) is 5.75 Å². The van der Waals surface area contributed by atoms with E-state index in [4.69, 9.17) is 4.74 Å². The second-order valence-electron chi connectivity index (χ2n) is 7.09. The second kappa shape index (κ2) is 9.30. The first-order valence-corrected chi connectivity index (χ1v) is 9.06. The van der Waals surface area contributed by atoms with Crippen molar-refractivity contribution in [2.24, 2.45) is 11.8 Å². The van der Waals surface area contributed by atoms with E-state index in [0.717, 1.165) is 56.9 Å². The minimum atomic E-state index is 0. The summed E-state index contributed by atoms with van der Waals surface area (Å²) in [6.07, 6.45) is 3.01. The number of nitrogens with zero attached hydrogens (tertiary/aromatic N) is 1. The van der Waals surface area contributed by atoms with Crippen molar-refractivity contribution in [3.05, 3.63) is 24.3 Å². The molecule has 1 unspecified atom stereocenters. The first kappa shape index (κ1) is 19.9. The number of piperidine rings is 1. The molecule has 2 N–H and O–H groups in total. The third kappa shape index (κ3) is 5.02. The summed E-state index contributed by atoms with van der Waals surface area (Å²) in [5, 5.41) is 6.59. The van der Waals surface area contributed by atoms with Gasteiger partial charge in [0.25, 0.3) is 0 Å². The van der Waals surface area contributed by atoms with Gasteiger partial charge in [-0.25, -0.2) is 0 Å². The molecule has 2 aliphatic rings. The van der Waals surface area contributed by atoms with Crippen LogP contribution < -0.4 is 20.3 Å². The fourth-order valence-corrected chi connectivity index (χ4v) is 3.87. The maximum atomic E-state index is 12.4. The molecule has 1 amide bonds. The van der Waals surface area contributed by atoms with Gasteiger partial charge in [-0.2, -0.15) is 0 Å². The number of hydrogen-bond donors (Lipinski definition) is 2. The Hall–Kier alpha value is -1.46. The number of halogens is 1. The minimum Gasteiger partial charge on any atom is -0.495 e. The maximum Gasteiger partial charge on any atom is 0.223 e.